The number of carbonyl (C=O) groups is 1. The van der Waals surface area contributed by atoms with Crippen molar-refractivity contribution < 1.29 is 22.5 Å². The van der Waals surface area contributed by atoms with Crippen molar-refractivity contribution in [1.29, 1.82) is 0 Å². The van der Waals surface area contributed by atoms with Crippen molar-refractivity contribution in [1.82, 2.24) is 10.1 Å². The number of rotatable bonds is 3. The maximum atomic E-state index is 12.9. The van der Waals surface area contributed by atoms with E-state index in [9.17, 15) is 18.0 Å². The number of anilines is 1. The number of hydrogen-bond acceptors (Lipinski definition) is 4. The number of halogens is 4. The Kier molecular flexibility index (Phi) is 4.58. The number of aromatic nitrogens is 2. The Bertz CT molecular complexity index is 1040. The molecule has 9 heteroatoms. The summed E-state index contributed by atoms with van der Waals surface area (Å²) in [5.74, 6) is -0.102. The lowest BCUT2D eigenvalue weighted by Gasteiger charge is -2.17. The topological polar surface area (TPSA) is 59.2 Å². The first-order chi connectivity index (χ1) is 13.3. The first-order valence-corrected chi connectivity index (χ1v) is 8.76. The molecule has 1 aromatic heterocycles. The molecule has 1 aliphatic rings. The lowest BCUT2D eigenvalue weighted by molar-refractivity contribution is -0.137. The van der Waals surface area contributed by atoms with Gasteiger partial charge in [-0.3, -0.25) is 4.79 Å². The van der Waals surface area contributed by atoms with E-state index in [1.807, 2.05) is 0 Å². The lowest BCUT2D eigenvalue weighted by Crippen LogP contribution is -2.24. The van der Waals surface area contributed by atoms with E-state index in [-0.39, 0.29) is 30.5 Å². The average molecular weight is 408 g/mol. The molecule has 3 aromatic rings. The Morgan fingerprint density at radius 3 is 2.68 bits per heavy atom. The Balaban J connectivity index is 1.56. The zero-order valence-electron chi connectivity index (χ0n) is 14.3. The summed E-state index contributed by atoms with van der Waals surface area (Å²) in [7, 11) is 0. The smallest absolute Gasteiger partial charge is 0.339 e. The summed E-state index contributed by atoms with van der Waals surface area (Å²) < 4.78 is 44.1. The summed E-state index contributed by atoms with van der Waals surface area (Å²) in [6.45, 7) is 0.164. The monoisotopic (exact) mass is 407 g/mol. The van der Waals surface area contributed by atoms with Gasteiger partial charge in [0.1, 0.15) is 0 Å². The highest BCUT2D eigenvalue weighted by Gasteiger charge is 2.37. The molecule has 144 valence electrons. The van der Waals surface area contributed by atoms with Crippen molar-refractivity contribution in [2.24, 2.45) is 0 Å². The molecule has 0 radical (unpaired) electrons. The second-order valence-electron chi connectivity index (χ2n) is 6.42. The molecule has 1 aliphatic heterocycles. The van der Waals surface area contributed by atoms with Gasteiger partial charge in [0, 0.05) is 29.2 Å². The van der Waals surface area contributed by atoms with E-state index in [1.165, 1.54) is 17.0 Å². The normalized spacial score (nSPS) is 17.4. The molecule has 0 saturated carbocycles. The minimum atomic E-state index is -4.48. The van der Waals surface area contributed by atoms with Gasteiger partial charge in [0.15, 0.2) is 0 Å². The molecule has 1 unspecified atom stereocenters. The second-order valence-corrected chi connectivity index (χ2v) is 6.86. The van der Waals surface area contributed by atoms with Crippen LogP contribution < -0.4 is 4.90 Å². The molecule has 2 heterocycles. The van der Waals surface area contributed by atoms with Crippen LogP contribution >= 0.6 is 11.6 Å². The summed E-state index contributed by atoms with van der Waals surface area (Å²) in [6.07, 6.45) is -4.40. The van der Waals surface area contributed by atoms with Crippen molar-refractivity contribution in [3.8, 4) is 11.4 Å². The highest BCUT2D eigenvalue weighted by Crippen LogP contribution is 2.35. The van der Waals surface area contributed by atoms with Crippen LogP contribution in [-0.4, -0.2) is 22.6 Å². The van der Waals surface area contributed by atoms with Crippen molar-refractivity contribution in [3.63, 3.8) is 0 Å². The summed E-state index contributed by atoms with van der Waals surface area (Å²) in [5.41, 5.74) is 0.0562. The van der Waals surface area contributed by atoms with Crippen LogP contribution in [0.3, 0.4) is 0 Å². The Morgan fingerprint density at radius 2 is 1.93 bits per heavy atom. The summed E-state index contributed by atoms with van der Waals surface area (Å²) >= 11 is 5.96. The Morgan fingerprint density at radius 1 is 1.14 bits per heavy atom. The number of amides is 1. The van der Waals surface area contributed by atoms with E-state index in [2.05, 4.69) is 10.1 Å². The van der Waals surface area contributed by atoms with E-state index in [0.29, 0.717) is 16.4 Å². The third-order valence-corrected chi connectivity index (χ3v) is 4.72. The molecular formula is C19H13ClF3N3O2. The molecule has 0 bridgehead atoms. The minimum absolute atomic E-state index is 0.0768. The van der Waals surface area contributed by atoms with Gasteiger partial charge in [-0.25, -0.2) is 0 Å². The van der Waals surface area contributed by atoms with E-state index in [0.717, 1.165) is 12.1 Å². The molecule has 1 fully saturated rings. The van der Waals surface area contributed by atoms with Gasteiger partial charge in [0.25, 0.3) is 0 Å². The molecule has 1 atom stereocenters. The Hall–Kier alpha value is -2.87. The molecular weight excluding hydrogens is 395 g/mol. The lowest BCUT2D eigenvalue weighted by atomic mass is 10.1. The SMILES string of the molecule is O=C1CC(c2nc(-c3cccc(Cl)c3)no2)CN1c1cccc(C(F)(F)F)c1. The average Bonchev–Trinajstić information content (AvgIpc) is 3.28. The van der Waals surface area contributed by atoms with Crippen LogP contribution in [0.4, 0.5) is 18.9 Å². The van der Waals surface area contributed by atoms with E-state index in [4.69, 9.17) is 16.1 Å². The largest absolute Gasteiger partial charge is 0.416 e. The zero-order valence-corrected chi connectivity index (χ0v) is 15.0. The van der Waals surface area contributed by atoms with E-state index >= 15 is 0 Å². The van der Waals surface area contributed by atoms with Crippen LogP contribution in [0.5, 0.6) is 0 Å². The summed E-state index contributed by atoms with van der Waals surface area (Å²) in [6, 6.07) is 11.6. The van der Waals surface area contributed by atoms with Crippen LogP contribution in [-0.2, 0) is 11.0 Å². The number of carbonyl (C=O) groups excluding carboxylic acids is 1. The van der Waals surface area contributed by atoms with Crippen molar-refractivity contribution in [3.05, 3.63) is 65.0 Å². The number of hydrogen-bond donors (Lipinski definition) is 0. The highest BCUT2D eigenvalue weighted by atomic mass is 35.5. The fourth-order valence-electron chi connectivity index (χ4n) is 3.12. The number of nitrogens with zero attached hydrogens (tertiary/aromatic N) is 3. The quantitative estimate of drug-likeness (QED) is 0.617. The van der Waals surface area contributed by atoms with Crippen LogP contribution in [0.2, 0.25) is 5.02 Å². The first kappa shape index (κ1) is 18.5. The standard InChI is InChI=1S/C19H13ClF3N3O2/c20-14-5-1-3-11(7-14)17-24-18(28-25-17)12-8-16(27)26(10-12)15-6-2-4-13(9-15)19(21,22)23/h1-7,9,12H,8,10H2. The maximum absolute atomic E-state index is 12.9. The number of benzene rings is 2. The highest BCUT2D eigenvalue weighted by molar-refractivity contribution is 6.30. The van der Waals surface area contributed by atoms with Crippen LogP contribution in [0.15, 0.2) is 53.1 Å². The first-order valence-electron chi connectivity index (χ1n) is 8.38. The third-order valence-electron chi connectivity index (χ3n) is 4.48. The van der Waals surface area contributed by atoms with E-state index in [1.54, 1.807) is 24.3 Å². The van der Waals surface area contributed by atoms with Crippen LogP contribution in [0.1, 0.15) is 23.8 Å². The fourth-order valence-corrected chi connectivity index (χ4v) is 3.31. The predicted octanol–water partition coefficient (Wildman–Crippen LogP) is 4.93. The minimum Gasteiger partial charge on any atom is -0.339 e. The summed E-state index contributed by atoms with van der Waals surface area (Å²) in [4.78, 5) is 18.0. The van der Waals surface area contributed by atoms with Crippen LogP contribution in [0, 0.1) is 0 Å². The molecule has 28 heavy (non-hydrogen) atoms. The molecule has 1 saturated heterocycles. The molecule has 0 N–H and O–H groups in total. The van der Waals surface area contributed by atoms with Gasteiger partial charge in [-0.2, -0.15) is 18.2 Å². The molecule has 4 rings (SSSR count). The van der Waals surface area contributed by atoms with Gasteiger partial charge >= 0.3 is 6.18 Å². The second kappa shape index (κ2) is 6.94. The molecule has 0 spiro atoms. The van der Waals surface area contributed by atoms with E-state index < -0.39 is 17.7 Å². The molecule has 2 aromatic carbocycles. The maximum Gasteiger partial charge on any atom is 0.416 e. The molecule has 0 aliphatic carbocycles. The van der Waals surface area contributed by atoms with Crippen LogP contribution in [0.25, 0.3) is 11.4 Å². The van der Waals surface area contributed by atoms with Crippen molar-refractivity contribution in [2.45, 2.75) is 18.5 Å². The number of alkyl halides is 3. The van der Waals surface area contributed by atoms with Gasteiger partial charge in [0.05, 0.1) is 11.5 Å². The molecule has 1 amide bonds. The predicted molar refractivity (Wildman–Crippen MR) is 95.9 cm³/mol. The van der Waals surface area contributed by atoms with Crippen molar-refractivity contribution >= 4 is 23.2 Å². The zero-order chi connectivity index (χ0) is 19.9. The third kappa shape index (κ3) is 3.60. The van der Waals surface area contributed by atoms with Gasteiger partial charge < -0.3 is 9.42 Å². The molecule has 5 nitrogen and oxygen atoms in total. The van der Waals surface area contributed by atoms with Gasteiger partial charge in [-0.1, -0.05) is 35.0 Å². The Labute approximate surface area is 162 Å². The fraction of sp³-hybridized carbons (Fsp3) is 0.211. The summed E-state index contributed by atoms with van der Waals surface area (Å²) in [5, 5.41) is 4.44. The van der Waals surface area contributed by atoms with Gasteiger partial charge in [-0.05, 0) is 30.3 Å². The van der Waals surface area contributed by atoms with Gasteiger partial charge in [-0.15, -0.1) is 0 Å². The van der Waals surface area contributed by atoms with Gasteiger partial charge in [0.2, 0.25) is 17.6 Å². The van der Waals surface area contributed by atoms with Crippen molar-refractivity contribution in [2.75, 3.05) is 11.4 Å².